The highest BCUT2D eigenvalue weighted by Gasteiger charge is 2.16. The van der Waals surface area contributed by atoms with Gasteiger partial charge in [-0.05, 0) is 62.2 Å². The monoisotopic (exact) mass is 479 g/mol. The summed E-state index contributed by atoms with van der Waals surface area (Å²) in [5, 5.41) is 6.61. The van der Waals surface area contributed by atoms with Gasteiger partial charge < -0.3 is 18.6 Å². The summed E-state index contributed by atoms with van der Waals surface area (Å²) in [5.41, 5.74) is 7.31. The van der Waals surface area contributed by atoms with E-state index in [9.17, 15) is 4.79 Å². The Morgan fingerprint density at radius 3 is 2.44 bits per heavy atom. The molecule has 0 aliphatic heterocycles. The maximum absolute atomic E-state index is 11.9. The summed E-state index contributed by atoms with van der Waals surface area (Å²) in [7, 11) is 4.53. The molecule has 4 aromatic rings. The fourth-order valence-electron chi connectivity index (χ4n) is 3.48. The first-order valence-electron chi connectivity index (χ1n) is 10.5. The second-order valence-corrected chi connectivity index (χ2v) is 8.65. The van der Waals surface area contributed by atoms with Gasteiger partial charge in [0.1, 0.15) is 16.2 Å². The van der Waals surface area contributed by atoms with Crippen LogP contribution < -0.4 is 20.3 Å². The standard InChI is InChI=1S/C25H25N3O5S/c1-13-9-17-18(27-28-25-26-15(3)23(34-25)24(29)32-6)12-20(33-21(17)10-14(13)2)16-7-8-19(30-4)22(11-16)31-5/h7-12H,1-6H3,(H,26,28)/b27-18+. The van der Waals surface area contributed by atoms with Crippen molar-refractivity contribution in [3.8, 4) is 22.8 Å². The zero-order chi connectivity index (χ0) is 24.4. The van der Waals surface area contributed by atoms with Crippen LogP contribution in [0.1, 0.15) is 26.5 Å². The molecular weight excluding hydrogens is 454 g/mol. The maximum atomic E-state index is 11.9. The predicted molar refractivity (Wildman–Crippen MR) is 132 cm³/mol. The van der Waals surface area contributed by atoms with Crippen LogP contribution in [0.15, 0.2) is 45.9 Å². The Bertz CT molecular complexity index is 1460. The van der Waals surface area contributed by atoms with Crippen LogP contribution in [0.4, 0.5) is 5.13 Å². The molecule has 1 N–H and O–H groups in total. The molecule has 9 heteroatoms. The molecule has 0 radical (unpaired) electrons. The summed E-state index contributed by atoms with van der Waals surface area (Å²) in [5.74, 6) is 1.42. The first-order valence-corrected chi connectivity index (χ1v) is 11.3. The Balaban J connectivity index is 1.85. The Morgan fingerprint density at radius 2 is 1.74 bits per heavy atom. The number of benzene rings is 2. The second-order valence-electron chi connectivity index (χ2n) is 7.65. The number of carbonyl (C=O) groups is 1. The van der Waals surface area contributed by atoms with Crippen LogP contribution in [0.2, 0.25) is 0 Å². The van der Waals surface area contributed by atoms with Crippen molar-refractivity contribution in [2.75, 3.05) is 26.8 Å². The van der Waals surface area contributed by atoms with E-state index in [1.165, 1.54) is 18.4 Å². The van der Waals surface area contributed by atoms with Gasteiger partial charge in [-0.25, -0.2) is 9.78 Å². The van der Waals surface area contributed by atoms with E-state index >= 15 is 0 Å². The lowest BCUT2D eigenvalue weighted by Crippen LogP contribution is -2.08. The molecule has 176 valence electrons. The van der Waals surface area contributed by atoms with Crippen molar-refractivity contribution in [1.29, 1.82) is 0 Å². The van der Waals surface area contributed by atoms with Crippen molar-refractivity contribution in [3.05, 3.63) is 63.5 Å². The summed E-state index contributed by atoms with van der Waals surface area (Å²) in [6.45, 7) is 5.84. The minimum absolute atomic E-state index is 0.422. The number of esters is 1. The zero-order valence-corrected chi connectivity index (χ0v) is 20.6. The Morgan fingerprint density at radius 1 is 1.00 bits per heavy atom. The number of nitrogens with one attached hydrogen (secondary N) is 1. The highest BCUT2D eigenvalue weighted by Crippen LogP contribution is 2.33. The zero-order valence-electron chi connectivity index (χ0n) is 19.8. The number of ether oxygens (including phenoxy) is 3. The maximum Gasteiger partial charge on any atom is 0.350 e. The number of methoxy groups -OCH3 is 3. The molecule has 2 aromatic heterocycles. The number of aryl methyl sites for hydroxylation is 3. The van der Waals surface area contributed by atoms with Crippen LogP contribution in [-0.2, 0) is 4.74 Å². The number of anilines is 1. The molecule has 0 aliphatic rings. The van der Waals surface area contributed by atoms with Crippen LogP contribution in [0.5, 0.6) is 11.5 Å². The van der Waals surface area contributed by atoms with Crippen LogP contribution >= 0.6 is 11.3 Å². The number of hydrogen-bond donors (Lipinski definition) is 1. The van der Waals surface area contributed by atoms with Crippen LogP contribution in [0.3, 0.4) is 0 Å². The molecule has 8 nitrogen and oxygen atoms in total. The van der Waals surface area contributed by atoms with Gasteiger partial charge in [0.15, 0.2) is 11.5 Å². The molecule has 0 atom stereocenters. The van der Waals surface area contributed by atoms with Gasteiger partial charge in [0.05, 0.1) is 32.4 Å². The average molecular weight is 480 g/mol. The van der Waals surface area contributed by atoms with Crippen LogP contribution in [0.25, 0.3) is 22.3 Å². The molecule has 0 unspecified atom stereocenters. The number of nitrogens with zero attached hydrogens (tertiary/aromatic N) is 2. The lowest BCUT2D eigenvalue weighted by Gasteiger charge is -2.11. The van der Waals surface area contributed by atoms with Crippen LogP contribution in [0, 0.1) is 20.8 Å². The van der Waals surface area contributed by atoms with Gasteiger partial charge in [-0.1, -0.05) is 11.3 Å². The van der Waals surface area contributed by atoms with Gasteiger partial charge in [0, 0.05) is 17.0 Å². The van der Waals surface area contributed by atoms with Crippen molar-refractivity contribution in [3.63, 3.8) is 0 Å². The van der Waals surface area contributed by atoms with E-state index in [-0.39, 0.29) is 0 Å². The molecule has 0 saturated heterocycles. The molecular formula is C25H25N3O5S. The van der Waals surface area contributed by atoms with E-state index < -0.39 is 5.97 Å². The normalized spacial score (nSPS) is 11.5. The summed E-state index contributed by atoms with van der Waals surface area (Å²) in [6, 6.07) is 11.5. The molecule has 34 heavy (non-hydrogen) atoms. The minimum Gasteiger partial charge on any atom is -0.493 e. The lowest BCUT2D eigenvalue weighted by atomic mass is 10.1. The van der Waals surface area contributed by atoms with Gasteiger partial charge in [0.2, 0.25) is 5.13 Å². The van der Waals surface area contributed by atoms with Gasteiger partial charge in [-0.2, -0.15) is 5.10 Å². The quantitative estimate of drug-likeness (QED) is 0.299. The fourth-order valence-corrected chi connectivity index (χ4v) is 4.31. The van der Waals surface area contributed by atoms with Crippen LogP contribution in [-0.4, -0.2) is 32.3 Å². The van der Waals surface area contributed by atoms with E-state index in [4.69, 9.17) is 18.6 Å². The molecule has 0 amide bonds. The van der Waals surface area contributed by atoms with E-state index in [1.807, 2.05) is 50.2 Å². The number of thiazole rings is 1. The Labute approximate surface area is 200 Å². The molecule has 2 heterocycles. The van der Waals surface area contributed by atoms with E-state index in [2.05, 4.69) is 15.5 Å². The van der Waals surface area contributed by atoms with E-state index in [0.29, 0.717) is 43.9 Å². The summed E-state index contributed by atoms with van der Waals surface area (Å²) < 4.78 is 21.9. The van der Waals surface area contributed by atoms with Gasteiger partial charge in [-0.15, -0.1) is 0 Å². The van der Waals surface area contributed by atoms with Crippen molar-refractivity contribution < 1.29 is 23.4 Å². The van der Waals surface area contributed by atoms with E-state index in [0.717, 1.165) is 22.1 Å². The smallest absolute Gasteiger partial charge is 0.350 e. The average Bonchev–Trinajstić information content (AvgIpc) is 3.22. The topological polar surface area (TPSA) is 95.2 Å². The minimum atomic E-state index is -0.422. The summed E-state index contributed by atoms with van der Waals surface area (Å²) >= 11 is 1.19. The van der Waals surface area contributed by atoms with Crippen molar-refractivity contribution in [2.45, 2.75) is 20.8 Å². The van der Waals surface area contributed by atoms with Crippen molar-refractivity contribution in [1.82, 2.24) is 4.98 Å². The number of hydrogen-bond acceptors (Lipinski definition) is 9. The number of fused-ring (bicyclic) bond motifs is 1. The molecule has 2 aromatic carbocycles. The third-order valence-electron chi connectivity index (χ3n) is 5.47. The predicted octanol–water partition coefficient (Wildman–Crippen LogP) is 5.21. The van der Waals surface area contributed by atoms with Gasteiger partial charge in [0.25, 0.3) is 0 Å². The largest absolute Gasteiger partial charge is 0.493 e. The second kappa shape index (κ2) is 9.56. The molecule has 0 fully saturated rings. The Kier molecular flexibility index (Phi) is 6.56. The van der Waals surface area contributed by atoms with Gasteiger partial charge in [-0.3, -0.25) is 5.43 Å². The third kappa shape index (κ3) is 4.47. The highest BCUT2D eigenvalue weighted by molar-refractivity contribution is 7.17. The van der Waals surface area contributed by atoms with Crippen molar-refractivity contribution >= 4 is 33.4 Å². The third-order valence-corrected chi connectivity index (χ3v) is 6.51. The fraction of sp³-hybridized carbons (Fsp3) is 0.240. The van der Waals surface area contributed by atoms with E-state index in [1.54, 1.807) is 21.1 Å². The lowest BCUT2D eigenvalue weighted by molar-refractivity contribution is 0.0605. The SMILES string of the molecule is COC(=O)c1sc(N/N=c2\cc(-c3ccc(OC)c(OC)c3)oc3cc(C)c(C)cc23)nc1C. The summed E-state index contributed by atoms with van der Waals surface area (Å²) in [6.07, 6.45) is 0. The molecule has 0 spiro atoms. The Hall–Kier alpha value is -3.85. The molecule has 0 aliphatic carbocycles. The number of carbonyl (C=O) groups excluding carboxylic acids is 1. The number of rotatable bonds is 6. The summed E-state index contributed by atoms with van der Waals surface area (Å²) in [4.78, 5) is 16.7. The highest BCUT2D eigenvalue weighted by atomic mass is 32.1. The first-order chi connectivity index (χ1) is 16.3. The molecule has 0 saturated carbocycles. The molecule has 4 rings (SSSR count). The first kappa shape index (κ1) is 23.3. The number of aromatic nitrogens is 1. The van der Waals surface area contributed by atoms with Crippen molar-refractivity contribution in [2.24, 2.45) is 5.10 Å². The van der Waals surface area contributed by atoms with Gasteiger partial charge >= 0.3 is 5.97 Å². The molecule has 0 bridgehead atoms.